The van der Waals surface area contributed by atoms with Crippen LogP contribution in [0.2, 0.25) is 5.02 Å². The Hall–Kier alpha value is -2.83. The van der Waals surface area contributed by atoms with Crippen LogP contribution in [0.3, 0.4) is 0 Å². The van der Waals surface area contributed by atoms with Crippen LogP contribution in [-0.2, 0) is 12.2 Å². The van der Waals surface area contributed by atoms with Gasteiger partial charge in [-0.1, -0.05) is 72.8 Å². The summed E-state index contributed by atoms with van der Waals surface area (Å²) in [6.45, 7) is 2.12. The van der Waals surface area contributed by atoms with E-state index < -0.39 is 0 Å². The first-order valence-corrected chi connectivity index (χ1v) is 11.5. The number of halogens is 1. The molecule has 1 aromatic heterocycles. The average molecular weight is 451 g/mol. The van der Waals surface area contributed by atoms with Crippen LogP contribution < -0.4 is 4.74 Å². The Morgan fingerprint density at radius 2 is 1.87 bits per heavy atom. The number of ether oxygens (including phenoxy) is 1. The number of rotatable bonds is 8. The summed E-state index contributed by atoms with van der Waals surface area (Å²) < 4.78 is 7.44. The van der Waals surface area contributed by atoms with E-state index >= 15 is 0 Å². The molecule has 0 spiro atoms. The molecule has 0 aliphatic rings. The average Bonchev–Trinajstić information content (AvgIpc) is 3.18. The lowest BCUT2D eigenvalue weighted by Crippen LogP contribution is -2.01. The maximum atomic E-state index is 6.00. The molecule has 0 radical (unpaired) electrons. The first kappa shape index (κ1) is 21.4. The molecule has 0 bridgehead atoms. The van der Waals surface area contributed by atoms with E-state index in [9.17, 15) is 0 Å². The molecule has 0 aliphatic heterocycles. The van der Waals surface area contributed by atoms with Gasteiger partial charge in [0.2, 0.25) is 5.16 Å². The first-order chi connectivity index (χ1) is 15.2. The number of fused-ring (bicyclic) bond motifs is 1. The SMILES string of the molecule is CCCc1nnc(SCc2ccc(Cl)cc2)n1/N=C\c1c(OC)ccc2ccccc12. The lowest BCUT2D eigenvalue weighted by atomic mass is 10.0. The van der Waals surface area contributed by atoms with Gasteiger partial charge in [-0.15, -0.1) is 10.2 Å². The maximum absolute atomic E-state index is 6.00. The third kappa shape index (κ3) is 4.92. The maximum Gasteiger partial charge on any atom is 0.212 e. The Kier molecular flexibility index (Phi) is 6.89. The second-order valence-corrected chi connectivity index (χ2v) is 8.40. The first-order valence-electron chi connectivity index (χ1n) is 10.1. The zero-order valence-corrected chi connectivity index (χ0v) is 19.0. The van der Waals surface area contributed by atoms with E-state index in [1.165, 1.54) is 5.56 Å². The molecule has 1 heterocycles. The Labute approximate surface area is 191 Å². The van der Waals surface area contributed by atoms with E-state index in [0.29, 0.717) is 0 Å². The van der Waals surface area contributed by atoms with Gasteiger partial charge in [0, 0.05) is 22.8 Å². The zero-order chi connectivity index (χ0) is 21.6. The third-order valence-electron chi connectivity index (χ3n) is 4.88. The van der Waals surface area contributed by atoms with Crippen LogP contribution in [0.25, 0.3) is 10.8 Å². The Balaban J connectivity index is 1.67. The van der Waals surface area contributed by atoms with Crippen LogP contribution in [0, 0.1) is 0 Å². The van der Waals surface area contributed by atoms with Crippen molar-refractivity contribution in [3.63, 3.8) is 0 Å². The minimum absolute atomic E-state index is 0.732. The molecule has 0 aliphatic carbocycles. The molecule has 4 aromatic rings. The van der Waals surface area contributed by atoms with Gasteiger partial charge in [-0.25, -0.2) is 0 Å². The van der Waals surface area contributed by atoms with Crippen molar-refractivity contribution in [2.24, 2.45) is 5.10 Å². The van der Waals surface area contributed by atoms with Crippen LogP contribution in [0.1, 0.15) is 30.3 Å². The Morgan fingerprint density at radius 1 is 1.06 bits per heavy atom. The van der Waals surface area contributed by atoms with E-state index in [-0.39, 0.29) is 0 Å². The van der Waals surface area contributed by atoms with Gasteiger partial charge in [-0.3, -0.25) is 0 Å². The number of methoxy groups -OCH3 is 1. The minimum Gasteiger partial charge on any atom is -0.496 e. The lowest BCUT2D eigenvalue weighted by Gasteiger charge is -2.09. The summed E-state index contributed by atoms with van der Waals surface area (Å²) in [6, 6.07) is 20.1. The molecule has 4 rings (SSSR count). The van der Waals surface area contributed by atoms with Crippen LogP contribution in [0.5, 0.6) is 5.75 Å². The Morgan fingerprint density at radius 3 is 2.65 bits per heavy atom. The molecule has 0 N–H and O–H groups in total. The summed E-state index contributed by atoms with van der Waals surface area (Å²) in [5.74, 6) is 2.38. The zero-order valence-electron chi connectivity index (χ0n) is 17.5. The molecule has 3 aromatic carbocycles. The number of thioether (sulfide) groups is 1. The van der Waals surface area contributed by atoms with Gasteiger partial charge in [0.05, 0.1) is 13.3 Å². The quantitative estimate of drug-likeness (QED) is 0.236. The van der Waals surface area contributed by atoms with Crippen LogP contribution in [0.4, 0.5) is 0 Å². The van der Waals surface area contributed by atoms with Gasteiger partial charge in [0.15, 0.2) is 5.82 Å². The standard InChI is InChI=1S/C24H23ClN4OS/c1-3-6-23-27-28-24(31-16-17-9-12-19(25)13-10-17)29(23)26-15-21-20-8-5-4-7-18(20)11-14-22(21)30-2/h4-5,7-15H,3,6,16H2,1-2H3/b26-15-. The fourth-order valence-electron chi connectivity index (χ4n) is 3.31. The van der Waals surface area contributed by atoms with Crippen molar-refractivity contribution in [2.45, 2.75) is 30.7 Å². The highest BCUT2D eigenvalue weighted by Gasteiger charge is 2.13. The molecule has 0 atom stereocenters. The van der Waals surface area contributed by atoms with Gasteiger partial charge in [-0.2, -0.15) is 9.78 Å². The summed E-state index contributed by atoms with van der Waals surface area (Å²) >= 11 is 7.60. The summed E-state index contributed by atoms with van der Waals surface area (Å²) in [7, 11) is 1.68. The van der Waals surface area contributed by atoms with Crippen molar-refractivity contribution >= 4 is 40.3 Å². The second-order valence-electron chi connectivity index (χ2n) is 7.02. The van der Waals surface area contributed by atoms with E-state index in [0.717, 1.165) is 56.7 Å². The van der Waals surface area contributed by atoms with Gasteiger partial charge in [-0.05, 0) is 41.0 Å². The molecule has 0 amide bonds. The normalized spacial score (nSPS) is 11.5. The lowest BCUT2D eigenvalue weighted by molar-refractivity contribution is 0.415. The monoisotopic (exact) mass is 450 g/mol. The highest BCUT2D eigenvalue weighted by molar-refractivity contribution is 7.98. The van der Waals surface area contributed by atoms with E-state index in [4.69, 9.17) is 21.4 Å². The number of hydrogen-bond acceptors (Lipinski definition) is 5. The van der Waals surface area contributed by atoms with Crippen molar-refractivity contribution in [3.05, 3.63) is 82.6 Å². The van der Waals surface area contributed by atoms with E-state index in [1.54, 1.807) is 18.9 Å². The number of aromatic nitrogens is 3. The molecule has 0 fully saturated rings. The second kappa shape index (κ2) is 9.98. The van der Waals surface area contributed by atoms with Gasteiger partial charge in [0.1, 0.15) is 5.75 Å². The summed E-state index contributed by atoms with van der Waals surface area (Å²) in [5, 5.41) is 17.3. The highest BCUT2D eigenvalue weighted by Crippen LogP contribution is 2.27. The number of nitrogens with zero attached hydrogens (tertiary/aromatic N) is 4. The molecule has 0 saturated carbocycles. The molecule has 5 nitrogen and oxygen atoms in total. The van der Waals surface area contributed by atoms with E-state index in [2.05, 4.69) is 35.3 Å². The smallest absolute Gasteiger partial charge is 0.212 e. The summed E-state index contributed by atoms with van der Waals surface area (Å²) in [5.41, 5.74) is 2.10. The largest absolute Gasteiger partial charge is 0.496 e. The van der Waals surface area contributed by atoms with Crippen molar-refractivity contribution in [1.29, 1.82) is 0 Å². The minimum atomic E-state index is 0.732. The van der Waals surface area contributed by atoms with Crippen molar-refractivity contribution in [2.75, 3.05) is 7.11 Å². The Bertz CT molecular complexity index is 1200. The number of aryl methyl sites for hydroxylation is 1. The van der Waals surface area contributed by atoms with Crippen LogP contribution in [0.15, 0.2) is 70.9 Å². The molecule has 0 unspecified atom stereocenters. The predicted octanol–water partition coefficient (Wildman–Crippen LogP) is 6.22. The summed E-state index contributed by atoms with van der Waals surface area (Å²) in [4.78, 5) is 0. The van der Waals surface area contributed by atoms with Gasteiger partial charge < -0.3 is 4.74 Å². The van der Waals surface area contributed by atoms with Crippen molar-refractivity contribution in [3.8, 4) is 5.75 Å². The molecular weight excluding hydrogens is 428 g/mol. The van der Waals surface area contributed by atoms with Crippen LogP contribution >= 0.6 is 23.4 Å². The van der Waals surface area contributed by atoms with E-state index in [1.807, 2.05) is 53.4 Å². The molecule has 158 valence electrons. The summed E-state index contributed by atoms with van der Waals surface area (Å²) in [6.07, 6.45) is 3.61. The highest BCUT2D eigenvalue weighted by atomic mass is 35.5. The predicted molar refractivity (Wildman–Crippen MR) is 129 cm³/mol. The number of hydrogen-bond donors (Lipinski definition) is 0. The van der Waals surface area contributed by atoms with Crippen molar-refractivity contribution in [1.82, 2.24) is 14.9 Å². The van der Waals surface area contributed by atoms with Crippen LogP contribution in [-0.4, -0.2) is 28.2 Å². The van der Waals surface area contributed by atoms with Crippen molar-refractivity contribution < 1.29 is 4.74 Å². The molecule has 0 saturated heterocycles. The fourth-order valence-corrected chi connectivity index (χ4v) is 4.30. The molecule has 31 heavy (non-hydrogen) atoms. The number of benzene rings is 3. The topological polar surface area (TPSA) is 52.3 Å². The third-order valence-corrected chi connectivity index (χ3v) is 6.13. The van der Waals surface area contributed by atoms with Gasteiger partial charge in [0.25, 0.3) is 0 Å². The molecule has 7 heteroatoms. The fraction of sp³-hybridized carbons (Fsp3) is 0.208. The molecular formula is C24H23ClN4OS. The van der Waals surface area contributed by atoms with Gasteiger partial charge >= 0.3 is 0 Å².